The summed E-state index contributed by atoms with van der Waals surface area (Å²) in [6.45, 7) is 0. The number of aromatic nitrogens is 1. The van der Waals surface area contributed by atoms with Crippen molar-refractivity contribution in [3.63, 3.8) is 0 Å². The Bertz CT molecular complexity index is 832. The van der Waals surface area contributed by atoms with E-state index in [2.05, 4.69) is 10.3 Å². The molecule has 2 aromatic rings. The van der Waals surface area contributed by atoms with Gasteiger partial charge in [-0.15, -0.1) is 0 Å². The smallest absolute Gasteiger partial charge is 0.433 e. The summed E-state index contributed by atoms with van der Waals surface area (Å²) in [6, 6.07) is 7.72. The van der Waals surface area contributed by atoms with E-state index in [0.29, 0.717) is 11.4 Å². The number of pyridine rings is 1. The standard InChI is InChI=1S/C17H16N4O5/c18-9-11-1-7-15(19-10-11)25-13-4-2-12(3-5-13)20-17(22)14-6-8-16(26-14)21(23)24/h1,6-8,10,12-13H,2-5H2,(H,20,22). The van der Waals surface area contributed by atoms with Gasteiger partial charge in [-0.2, -0.15) is 5.26 Å². The maximum absolute atomic E-state index is 12.1. The van der Waals surface area contributed by atoms with Gasteiger partial charge in [-0.05, 0) is 37.8 Å². The first-order chi connectivity index (χ1) is 12.5. The lowest BCUT2D eigenvalue weighted by Crippen LogP contribution is -2.39. The highest BCUT2D eigenvalue weighted by Gasteiger charge is 2.26. The number of ether oxygens (including phenoxy) is 1. The first-order valence-corrected chi connectivity index (χ1v) is 8.13. The highest BCUT2D eigenvalue weighted by Crippen LogP contribution is 2.24. The summed E-state index contributed by atoms with van der Waals surface area (Å²) in [5, 5.41) is 22.2. The van der Waals surface area contributed by atoms with Crippen molar-refractivity contribution >= 4 is 11.8 Å². The first kappa shape index (κ1) is 17.4. The minimum atomic E-state index is -0.684. The average Bonchev–Trinajstić information content (AvgIpc) is 3.15. The van der Waals surface area contributed by atoms with E-state index >= 15 is 0 Å². The van der Waals surface area contributed by atoms with Crippen molar-refractivity contribution < 1.29 is 18.9 Å². The van der Waals surface area contributed by atoms with Crippen molar-refractivity contribution in [3.05, 3.63) is 51.9 Å². The molecule has 0 bridgehead atoms. The number of carbonyl (C=O) groups excluding carboxylic acids is 1. The maximum Gasteiger partial charge on any atom is 0.433 e. The Morgan fingerprint density at radius 1 is 1.31 bits per heavy atom. The molecule has 26 heavy (non-hydrogen) atoms. The number of rotatable bonds is 5. The molecule has 1 N–H and O–H groups in total. The normalized spacial score (nSPS) is 19.3. The largest absolute Gasteiger partial charge is 0.474 e. The number of nitriles is 1. The van der Waals surface area contributed by atoms with Gasteiger partial charge in [-0.3, -0.25) is 14.9 Å². The van der Waals surface area contributed by atoms with Crippen molar-refractivity contribution in [1.29, 1.82) is 5.26 Å². The maximum atomic E-state index is 12.1. The third-order valence-electron chi connectivity index (χ3n) is 4.16. The van der Waals surface area contributed by atoms with Crippen molar-refractivity contribution in [1.82, 2.24) is 10.3 Å². The molecule has 2 aromatic heterocycles. The van der Waals surface area contributed by atoms with Gasteiger partial charge < -0.3 is 14.5 Å². The lowest BCUT2D eigenvalue weighted by Gasteiger charge is -2.28. The van der Waals surface area contributed by atoms with E-state index in [-0.39, 0.29) is 17.9 Å². The van der Waals surface area contributed by atoms with E-state index in [1.54, 1.807) is 12.1 Å². The number of amides is 1. The molecule has 1 fully saturated rings. The Hall–Kier alpha value is -3.41. The van der Waals surface area contributed by atoms with Crippen molar-refractivity contribution in [2.45, 2.75) is 37.8 Å². The molecule has 1 saturated carbocycles. The summed E-state index contributed by atoms with van der Waals surface area (Å²) in [7, 11) is 0. The van der Waals surface area contributed by atoms with Crippen LogP contribution in [0.25, 0.3) is 0 Å². The van der Waals surface area contributed by atoms with Crippen LogP contribution in [0.2, 0.25) is 0 Å². The third kappa shape index (κ3) is 4.16. The van der Waals surface area contributed by atoms with E-state index in [4.69, 9.17) is 14.4 Å². The zero-order valence-electron chi connectivity index (χ0n) is 13.8. The second-order valence-corrected chi connectivity index (χ2v) is 5.96. The monoisotopic (exact) mass is 356 g/mol. The van der Waals surface area contributed by atoms with E-state index in [9.17, 15) is 14.9 Å². The number of carbonyl (C=O) groups is 1. The van der Waals surface area contributed by atoms with Gasteiger partial charge >= 0.3 is 5.88 Å². The molecule has 0 aliphatic heterocycles. The third-order valence-corrected chi connectivity index (χ3v) is 4.16. The van der Waals surface area contributed by atoms with Crippen LogP contribution < -0.4 is 10.1 Å². The quantitative estimate of drug-likeness (QED) is 0.643. The molecule has 1 aliphatic rings. The Labute approximate surface area is 148 Å². The molecule has 0 saturated heterocycles. The van der Waals surface area contributed by atoms with E-state index in [1.165, 1.54) is 12.3 Å². The molecule has 0 spiro atoms. The molecular weight excluding hydrogens is 340 g/mol. The highest BCUT2D eigenvalue weighted by atomic mass is 16.6. The van der Waals surface area contributed by atoms with Gasteiger partial charge in [0.1, 0.15) is 17.1 Å². The molecule has 9 heteroatoms. The second-order valence-electron chi connectivity index (χ2n) is 5.96. The highest BCUT2D eigenvalue weighted by molar-refractivity contribution is 5.91. The van der Waals surface area contributed by atoms with Crippen LogP contribution in [-0.2, 0) is 0 Å². The van der Waals surface area contributed by atoms with Crippen LogP contribution in [0.15, 0.2) is 34.9 Å². The van der Waals surface area contributed by atoms with Gasteiger partial charge in [0.2, 0.25) is 5.88 Å². The molecule has 1 aliphatic carbocycles. The second kappa shape index (κ2) is 7.65. The molecule has 3 rings (SSSR count). The molecule has 134 valence electrons. The van der Waals surface area contributed by atoms with Crippen molar-refractivity contribution in [2.75, 3.05) is 0 Å². The van der Waals surface area contributed by atoms with Crippen LogP contribution in [0.4, 0.5) is 5.88 Å². The average molecular weight is 356 g/mol. The SMILES string of the molecule is N#Cc1ccc(OC2CCC(NC(=O)c3ccc([N+](=O)[O-])o3)CC2)nc1. The predicted molar refractivity (Wildman–Crippen MR) is 88.5 cm³/mol. The van der Waals surface area contributed by atoms with Gasteiger partial charge in [0.25, 0.3) is 5.91 Å². The van der Waals surface area contributed by atoms with E-state index in [1.807, 2.05) is 6.07 Å². The summed E-state index contributed by atoms with van der Waals surface area (Å²) in [5.74, 6) is -0.519. The lowest BCUT2D eigenvalue weighted by atomic mass is 9.93. The van der Waals surface area contributed by atoms with Crippen molar-refractivity contribution in [3.8, 4) is 11.9 Å². The Morgan fingerprint density at radius 3 is 2.65 bits per heavy atom. The number of nitrogens with zero attached hydrogens (tertiary/aromatic N) is 3. The Morgan fingerprint density at radius 2 is 2.08 bits per heavy atom. The zero-order valence-corrected chi connectivity index (χ0v) is 13.8. The van der Waals surface area contributed by atoms with Crippen LogP contribution in [0.3, 0.4) is 0 Å². The van der Waals surface area contributed by atoms with Gasteiger partial charge in [0, 0.05) is 18.3 Å². The minimum Gasteiger partial charge on any atom is -0.474 e. The number of hydrogen-bond donors (Lipinski definition) is 1. The summed E-state index contributed by atoms with van der Waals surface area (Å²) < 4.78 is 10.7. The Kier molecular flexibility index (Phi) is 5.12. The molecule has 0 radical (unpaired) electrons. The van der Waals surface area contributed by atoms with E-state index < -0.39 is 16.7 Å². The van der Waals surface area contributed by atoms with Crippen molar-refractivity contribution in [2.24, 2.45) is 0 Å². The van der Waals surface area contributed by atoms with Crippen LogP contribution >= 0.6 is 0 Å². The number of nitrogens with one attached hydrogen (secondary N) is 1. The molecule has 2 heterocycles. The van der Waals surface area contributed by atoms with Crippen LogP contribution in [0, 0.1) is 21.4 Å². The van der Waals surface area contributed by atoms with Crippen LogP contribution in [0.5, 0.6) is 5.88 Å². The van der Waals surface area contributed by atoms with Crippen LogP contribution in [-0.4, -0.2) is 28.0 Å². The lowest BCUT2D eigenvalue weighted by molar-refractivity contribution is -0.402. The Balaban J connectivity index is 1.47. The van der Waals surface area contributed by atoms with Gasteiger partial charge in [-0.25, -0.2) is 4.98 Å². The number of nitro groups is 1. The molecule has 0 atom stereocenters. The zero-order chi connectivity index (χ0) is 18.5. The summed E-state index contributed by atoms with van der Waals surface area (Å²) >= 11 is 0. The predicted octanol–water partition coefficient (Wildman–Crippen LogP) is 2.57. The first-order valence-electron chi connectivity index (χ1n) is 8.13. The summed E-state index contributed by atoms with van der Waals surface area (Å²) in [4.78, 5) is 26.1. The topological polar surface area (TPSA) is 131 Å². The van der Waals surface area contributed by atoms with Gasteiger partial charge in [0.05, 0.1) is 11.6 Å². The van der Waals surface area contributed by atoms with E-state index in [0.717, 1.165) is 31.7 Å². The molecule has 9 nitrogen and oxygen atoms in total. The summed E-state index contributed by atoms with van der Waals surface area (Å²) in [5.41, 5.74) is 0.474. The fourth-order valence-corrected chi connectivity index (χ4v) is 2.82. The number of furan rings is 1. The number of hydrogen-bond acceptors (Lipinski definition) is 7. The van der Waals surface area contributed by atoms with Gasteiger partial charge in [0.15, 0.2) is 5.76 Å². The fraction of sp³-hybridized carbons (Fsp3) is 0.353. The molecule has 0 unspecified atom stereocenters. The summed E-state index contributed by atoms with van der Waals surface area (Å²) in [6.07, 6.45) is 4.37. The molecular formula is C17H16N4O5. The molecule has 0 aromatic carbocycles. The van der Waals surface area contributed by atoms with Gasteiger partial charge in [-0.1, -0.05) is 0 Å². The minimum absolute atomic E-state index is 0.00621. The molecule has 1 amide bonds. The fourth-order valence-electron chi connectivity index (χ4n) is 2.82. The van der Waals surface area contributed by atoms with Crippen LogP contribution in [0.1, 0.15) is 41.8 Å².